The number of piperazine rings is 1. The highest BCUT2D eigenvalue weighted by Crippen LogP contribution is 2.32. The van der Waals surface area contributed by atoms with Crippen LogP contribution in [-0.2, 0) is 4.74 Å². The molecule has 0 amide bonds. The van der Waals surface area contributed by atoms with E-state index in [2.05, 4.69) is 35.7 Å². The number of esters is 1. The van der Waals surface area contributed by atoms with Crippen LogP contribution < -0.4 is 4.90 Å². The van der Waals surface area contributed by atoms with E-state index in [1.54, 1.807) is 0 Å². The number of likely N-dealkylation sites (N-methyl/N-ethyl adjacent to an activating group) is 1. The number of carbonyl (C=O) groups excluding carboxylic acids is 1. The molecule has 0 spiro atoms. The Balaban J connectivity index is 2.21. The second kappa shape index (κ2) is 5.26. The molecule has 106 valence electrons. The molecule has 0 atom stereocenters. The first-order chi connectivity index (χ1) is 8.85. The quantitative estimate of drug-likeness (QED) is 0.783. The van der Waals surface area contributed by atoms with Crippen LogP contribution in [0.5, 0.6) is 0 Å². The fourth-order valence-electron chi connectivity index (χ4n) is 2.05. The molecule has 0 N–H and O–H groups in total. The Bertz CT molecular complexity index is 489. The molecular weight excluding hydrogens is 286 g/mol. The second-order valence-corrected chi connectivity index (χ2v) is 6.60. The van der Waals surface area contributed by atoms with Crippen molar-refractivity contribution >= 4 is 34.0 Å². The highest BCUT2D eigenvalue weighted by molar-refractivity contribution is 7.18. The topological polar surface area (TPSA) is 45.7 Å². The van der Waals surface area contributed by atoms with Gasteiger partial charge in [0.15, 0.2) is 15.2 Å². The molecule has 1 fully saturated rings. The summed E-state index contributed by atoms with van der Waals surface area (Å²) in [6, 6.07) is 0. The van der Waals surface area contributed by atoms with Gasteiger partial charge in [-0.2, -0.15) is 0 Å². The van der Waals surface area contributed by atoms with Crippen LogP contribution in [-0.4, -0.2) is 55.2 Å². The minimum absolute atomic E-state index is 0.0713. The van der Waals surface area contributed by atoms with Crippen molar-refractivity contribution in [3.63, 3.8) is 0 Å². The molecule has 0 saturated carbocycles. The summed E-state index contributed by atoms with van der Waals surface area (Å²) in [5.74, 6) is -0.429. The smallest absolute Gasteiger partial charge is 0.351 e. The van der Waals surface area contributed by atoms with Gasteiger partial charge in [-0.25, -0.2) is 9.78 Å². The maximum atomic E-state index is 11.5. The predicted octanol–water partition coefficient (Wildman–Crippen LogP) is 2.11. The van der Waals surface area contributed by atoms with E-state index in [4.69, 9.17) is 16.3 Å². The third-order valence-electron chi connectivity index (χ3n) is 3.53. The molecule has 5 nitrogen and oxygen atoms in total. The van der Waals surface area contributed by atoms with Crippen molar-refractivity contribution in [1.29, 1.82) is 0 Å². The molecule has 1 aliphatic heterocycles. The molecule has 1 aliphatic rings. The summed E-state index contributed by atoms with van der Waals surface area (Å²) in [6.07, 6.45) is 0. The molecule has 1 aromatic heterocycles. The monoisotopic (exact) mass is 303 g/mol. The number of carbonyl (C=O) groups is 1. The molecule has 7 heteroatoms. The lowest BCUT2D eigenvalue weighted by molar-refractivity contribution is 0.0606. The fourth-order valence-corrected chi connectivity index (χ4v) is 3.27. The molecule has 0 unspecified atom stereocenters. The highest BCUT2D eigenvalue weighted by atomic mass is 35.5. The first kappa shape index (κ1) is 14.6. The van der Waals surface area contributed by atoms with Gasteiger partial charge in [0.25, 0.3) is 0 Å². The molecule has 0 bridgehead atoms. The Morgan fingerprint density at radius 3 is 2.74 bits per heavy atom. The number of aromatic nitrogens is 1. The zero-order valence-corrected chi connectivity index (χ0v) is 13.1. The van der Waals surface area contributed by atoms with Gasteiger partial charge in [-0.1, -0.05) is 22.9 Å². The lowest BCUT2D eigenvalue weighted by Gasteiger charge is -2.45. The maximum Gasteiger partial charge on any atom is 0.351 e. The number of nitrogens with zero attached hydrogens (tertiary/aromatic N) is 3. The molecule has 1 aromatic rings. The minimum atomic E-state index is -0.429. The van der Waals surface area contributed by atoms with Crippen LogP contribution in [0.2, 0.25) is 5.15 Å². The summed E-state index contributed by atoms with van der Waals surface area (Å²) < 4.78 is 4.70. The van der Waals surface area contributed by atoms with Gasteiger partial charge in [-0.15, -0.1) is 0 Å². The Hall–Kier alpha value is -0.850. The van der Waals surface area contributed by atoms with Crippen molar-refractivity contribution in [1.82, 2.24) is 9.88 Å². The molecule has 0 aromatic carbocycles. The Labute approximate surface area is 122 Å². The van der Waals surface area contributed by atoms with Crippen LogP contribution in [0.15, 0.2) is 0 Å². The zero-order chi connectivity index (χ0) is 14.2. The van der Waals surface area contributed by atoms with E-state index in [1.165, 1.54) is 18.4 Å². The summed E-state index contributed by atoms with van der Waals surface area (Å²) in [4.78, 5) is 20.7. The van der Waals surface area contributed by atoms with Gasteiger partial charge in [0.05, 0.1) is 7.11 Å². The molecule has 0 aliphatic carbocycles. The number of halogens is 1. The van der Waals surface area contributed by atoms with Crippen molar-refractivity contribution < 1.29 is 9.53 Å². The van der Waals surface area contributed by atoms with Gasteiger partial charge >= 0.3 is 5.97 Å². The van der Waals surface area contributed by atoms with Crippen LogP contribution in [0.1, 0.15) is 23.5 Å². The second-order valence-electron chi connectivity index (χ2n) is 5.26. The molecule has 2 rings (SSSR count). The standard InChI is InChI=1S/C12H18ClN3O2S/c1-12(2)7-16(6-5-15(12)3)11-14-9(13)8(19-11)10(17)18-4/h5-7H2,1-4H3. The fraction of sp³-hybridized carbons (Fsp3) is 0.667. The van der Waals surface area contributed by atoms with Crippen LogP contribution in [0.4, 0.5) is 5.13 Å². The maximum absolute atomic E-state index is 11.5. The molecule has 1 saturated heterocycles. The average Bonchev–Trinajstić information content (AvgIpc) is 2.74. The summed E-state index contributed by atoms with van der Waals surface area (Å²) in [6.45, 7) is 7.07. The van der Waals surface area contributed by atoms with Crippen LogP contribution in [0.25, 0.3) is 0 Å². The number of hydrogen-bond donors (Lipinski definition) is 0. The normalized spacial score (nSPS) is 19.5. The van der Waals surface area contributed by atoms with Crippen molar-refractivity contribution in [2.75, 3.05) is 38.7 Å². The van der Waals surface area contributed by atoms with E-state index in [1.807, 2.05) is 0 Å². The van der Waals surface area contributed by atoms with E-state index in [-0.39, 0.29) is 10.7 Å². The largest absolute Gasteiger partial charge is 0.465 e. The molecule has 0 radical (unpaired) electrons. The minimum Gasteiger partial charge on any atom is -0.465 e. The van der Waals surface area contributed by atoms with E-state index < -0.39 is 5.97 Å². The van der Waals surface area contributed by atoms with Gasteiger partial charge in [0.1, 0.15) is 0 Å². The van der Waals surface area contributed by atoms with Crippen molar-refractivity contribution in [3.8, 4) is 0 Å². The Morgan fingerprint density at radius 2 is 2.16 bits per heavy atom. The van der Waals surface area contributed by atoms with E-state index in [0.29, 0.717) is 4.88 Å². The van der Waals surface area contributed by atoms with Gasteiger partial charge in [-0.3, -0.25) is 4.90 Å². The summed E-state index contributed by atoms with van der Waals surface area (Å²) in [7, 11) is 3.46. The van der Waals surface area contributed by atoms with E-state index in [9.17, 15) is 4.79 Å². The molecule has 19 heavy (non-hydrogen) atoms. The highest BCUT2D eigenvalue weighted by Gasteiger charge is 2.33. The number of ether oxygens (including phenoxy) is 1. The number of anilines is 1. The third-order valence-corrected chi connectivity index (χ3v) is 5.01. The van der Waals surface area contributed by atoms with Crippen LogP contribution in [0.3, 0.4) is 0 Å². The van der Waals surface area contributed by atoms with Gasteiger partial charge in [-0.05, 0) is 20.9 Å². The van der Waals surface area contributed by atoms with Crippen molar-refractivity contribution in [2.45, 2.75) is 19.4 Å². The van der Waals surface area contributed by atoms with E-state index in [0.717, 1.165) is 24.8 Å². The summed E-state index contributed by atoms with van der Waals surface area (Å²) in [5.41, 5.74) is 0.0713. The lowest BCUT2D eigenvalue weighted by atomic mass is 10.0. The van der Waals surface area contributed by atoms with Crippen molar-refractivity contribution in [3.05, 3.63) is 10.0 Å². The summed E-state index contributed by atoms with van der Waals surface area (Å²) >= 11 is 7.29. The third kappa shape index (κ3) is 2.85. The first-order valence-corrected chi connectivity index (χ1v) is 7.25. The summed E-state index contributed by atoms with van der Waals surface area (Å²) in [5, 5.41) is 1.01. The average molecular weight is 304 g/mol. The van der Waals surface area contributed by atoms with Gasteiger partial charge in [0, 0.05) is 25.2 Å². The van der Waals surface area contributed by atoms with E-state index >= 15 is 0 Å². The van der Waals surface area contributed by atoms with Crippen LogP contribution >= 0.6 is 22.9 Å². The number of methoxy groups -OCH3 is 1. The molecule has 2 heterocycles. The van der Waals surface area contributed by atoms with Crippen molar-refractivity contribution in [2.24, 2.45) is 0 Å². The lowest BCUT2D eigenvalue weighted by Crippen LogP contribution is -2.57. The van der Waals surface area contributed by atoms with Crippen LogP contribution in [0, 0.1) is 0 Å². The van der Waals surface area contributed by atoms with Gasteiger partial charge < -0.3 is 9.64 Å². The number of rotatable bonds is 2. The zero-order valence-electron chi connectivity index (χ0n) is 11.6. The molecular formula is C12H18ClN3O2S. The Morgan fingerprint density at radius 1 is 1.47 bits per heavy atom. The predicted molar refractivity (Wildman–Crippen MR) is 77.4 cm³/mol. The van der Waals surface area contributed by atoms with Gasteiger partial charge in [0.2, 0.25) is 0 Å². The number of thiazole rings is 1. The first-order valence-electron chi connectivity index (χ1n) is 6.06. The Kier molecular flexibility index (Phi) is 4.03. The number of hydrogen-bond acceptors (Lipinski definition) is 6. The SMILES string of the molecule is COC(=O)c1sc(N2CCN(C)C(C)(C)C2)nc1Cl.